The lowest BCUT2D eigenvalue weighted by Crippen LogP contribution is -2.00. The standard InChI is InChI=1S/C20H13NO2/c22-20(15-7-2-1-3-8-15)18-13-19(23-21-18)17-11-10-14-6-4-5-9-16(14)12-17/h1-13H. The van der Waals surface area contributed by atoms with Crippen LogP contribution in [0.5, 0.6) is 0 Å². The van der Waals surface area contributed by atoms with E-state index in [-0.39, 0.29) is 5.78 Å². The third-order valence-corrected chi connectivity index (χ3v) is 3.81. The Balaban J connectivity index is 1.70. The van der Waals surface area contributed by atoms with Crippen LogP contribution in [0.4, 0.5) is 0 Å². The van der Waals surface area contributed by atoms with Gasteiger partial charge >= 0.3 is 0 Å². The summed E-state index contributed by atoms with van der Waals surface area (Å²) < 4.78 is 5.37. The number of carbonyl (C=O) groups excluding carboxylic acids is 1. The molecule has 0 atom stereocenters. The molecule has 3 aromatic carbocycles. The lowest BCUT2D eigenvalue weighted by Gasteiger charge is -1.99. The van der Waals surface area contributed by atoms with Gasteiger partial charge in [-0.15, -0.1) is 0 Å². The van der Waals surface area contributed by atoms with Crippen LogP contribution in [-0.2, 0) is 0 Å². The number of fused-ring (bicyclic) bond motifs is 1. The average molecular weight is 299 g/mol. The van der Waals surface area contributed by atoms with E-state index >= 15 is 0 Å². The quantitative estimate of drug-likeness (QED) is 0.514. The molecule has 0 bridgehead atoms. The summed E-state index contributed by atoms with van der Waals surface area (Å²) in [6.07, 6.45) is 0. The minimum atomic E-state index is -0.138. The lowest BCUT2D eigenvalue weighted by molar-refractivity contribution is 0.103. The molecule has 0 N–H and O–H groups in total. The number of hydrogen-bond acceptors (Lipinski definition) is 3. The molecule has 0 aliphatic rings. The van der Waals surface area contributed by atoms with E-state index in [0.717, 1.165) is 16.3 Å². The molecule has 1 aromatic heterocycles. The van der Waals surface area contributed by atoms with Crippen LogP contribution in [0.1, 0.15) is 16.1 Å². The molecule has 0 spiro atoms. The van der Waals surface area contributed by atoms with E-state index in [0.29, 0.717) is 17.0 Å². The summed E-state index contributed by atoms with van der Waals surface area (Å²) in [5.41, 5.74) is 1.83. The fourth-order valence-corrected chi connectivity index (χ4v) is 2.60. The van der Waals surface area contributed by atoms with Crippen molar-refractivity contribution in [2.24, 2.45) is 0 Å². The molecule has 4 rings (SSSR count). The van der Waals surface area contributed by atoms with Crippen molar-refractivity contribution in [2.75, 3.05) is 0 Å². The Morgan fingerprint density at radius 2 is 1.52 bits per heavy atom. The Hall–Kier alpha value is -3.20. The number of benzene rings is 3. The van der Waals surface area contributed by atoms with E-state index < -0.39 is 0 Å². The Morgan fingerprint density at radius 3 is 2.35 bits per heavy atom. The van der Waals surface area contributed by atoms with Crippen LogP contribution in [-0.4, -0.2) is 10.9 Å². The van der Waals surface area contributed by atoms with Crippen molar-refractivity contribution < 1.29 is 9.32 Å². The van der Waals surface area contributed by atoms with Crippen molar-refractivity contribution in [2.45, 2.75) is 0 Å². The van der Waals surface area contributed by atoms with Gasteiger partial charge in [-0.1, -0.05) is 71.9 Å². The first-order chi connectivity index (χ1) is 11.3. The molecule has 1 heterocycles. The first-order valence-corrected chi connectivity index (χ1v) is 7.37. The highest BCUT2D eigenvalue weighted by Crippen LogP contribution is 2.25. The molecule has 110 valence electrons. The normalized spacial score (nSPS) is 10.8. The fraction of sp³-hybridized carbons (Fsp3) is 0. The predicted octanol–water partition coefficient (Wildman–Crippen LogP) is 4.73. The smallest absolute Gasteiger partial charge is 0.214 e. The first-order valence-electron chi connectivity index (χ1n) is 7.37. The maximum Gasteiger partial charge on any atom is 0.214 e. The molecular weight excluding hydrogens is 286 g/mol. The lowest BCUT2D eigenvalue weighted by atomic mass is 10.0. The van der Waals surface area contributed by atoms with Gasteiger partial charge in [-0.05, 0) is 16.8 Å². The predicted molar refractivity (Wildman–Crippen MR) is 89.3 cm³/mol. The summed E-state index contributed by atoms with van der Waals surface area (Å²) in [4.78, 5) is 12.4. The van der Waals surface area contributed by atoms with Gasteiger partial charge in [-0.2, -0.15) is 0 Å². The van der Waals surface area contributed by atoms with E-state index in [2.05, 4.69) is 11.2 Å². The monoisotopic (exact) mass is 299 g/mol. The summed E-state index contributed by atoms with van der Waals surface area (Å²) >= 11 is 0. The van der Waals surface area contributed by atoms with Gasteiger partial charge in [0.2, 0.25) is 5.78 Å². The van der Waals surface area contributed by atoms with Crippen molar-refractivity contribution in [1.29, 1.82) is 0 Å². The number of carbonyl (C=O) groups is 1. The van der Waals surface area contributed by atoms with E-state index in [1.807, 2.05) is 54.6 Å². The van der Waals surface area contributed by atoms with Crippen LogP contribution in [0.15, 0.2) is 83.4 Å². The summed E-state index contributed by atoms with van der Waals surface area (Å²) in [5, 5.41) is 6.21. The van der Waals surface area contributed by atoms with Gasteiger partial charge < -0.3 is 4.52 Å². The Morgan fingerprint density at radius 1 is 0.783 bits per heavy atom. The second kappa shape index (κ2) is 5.54. The minimum absolute atomic E-state index is 0.138. The maximum atomic E-state index is 12.4. The van der Waals surface area contributed by atoms with E-state index in [9.17, 15) is 4.79 Å². The van der Waals surface area contributed by atoms with Gasteiger partial charge in [-0.25, -0.2) is 0 Å². The first kappa shape index (κ1) is 13.5. The van der Waals surface area contributed by atoms with Crippen LogP contribution >= 0.6 is 0 Å². The van der Waals surface area contributed by atoms with E-state index in [4.69, 9.17) is 4.52 Å². The van der Waals surface area contributed by atoms with Crippen LogP contribution in [0.3, 0.4) is 0 Å². The number of nitrogens with zero attached hydrogens (tertiary/aromatic N) is 1. The number of rotatable bonds is 3. The van der Waals surface area contributed by atoms with Gasteiger partial charge in [0.1, 0.15) is 0 Å². The highest BCUT2D eigenvalue weighted by Gasteiger charge is 2.15. The highest BCUT2D eigenvalue weighted by molar-refractivity contribution is 6.08. The second-order valence-electron chi connectivity index (χ2n) is 5.33. The SMILES string of the molecule is O=C(c1ccccc1)c1cc(-c2ccc3ccccc3c2)on1. The molecular formula is C20H13NO2. The molecule has 0 saturated carbocycles. The molecule has 0 saturated heterocycles. The van der Waals surface area contributed by atoms with Gasteiger partial charge in [0, 0.05) is 17.2 Å². The Bertz CT molecular complexity index is 987. The minimum Gasteiger partial charge on any atom is -0.356 e. The van der Waals surface area contributed by atoms with Crippen molar-refractivity contribution in [3.8, 4) is 11.3 Å². The van der Waals surface area contributed by atoms with Crippen LogP contribution < -0.4 is 0 Å². The molecule has 0 amide bonds. The highest BCUT2D eigenvalue weighted by atomic mass is 16.5. The third-order valence-electron chi connectivity index (χ3n) is 3.81. The zero-order valence-electron chi connectivity index (χ0n) is 12.3. The van der Waals surface area contributed by atoms with E-state index in [1.54, 1.807) is 18.2 Å². The van der Waals surface area contributed by atoms with Crippen LogP contribution in [0.2, 0.25) is 0 Å². The van der Waals surface area contributed by atoms with Crippen LogP contribution in [0.25, 0.3) is 22.1 Å². The Kier molecular flexibility index (Phi) is 3.24. The summed E-state index contributed by atoms with van der Waals surface area (Å²) in [5.74, 6) is 0.455. The Labute approximate surface area is 133 Å². The summed E-state index contributed by atoms with van der Waals surface area (Å²) in [6.45, 7) is 0. The summed E-state index contributed by atoms with van der Waals surface area (Å²) in [7, 11) is 0. The molecule has 0 aliphatic carbocycles. The van der Waals surface area contributed by atoms with Crippen molar-refractivity contribution in [1.82, 2.24) is 5.16 Å². The van der Waals surface area contributed by atoms with Gasteiger partial charge in [-0.3, -0.25) is 4.79 Å². The second-order valence-corrected chi connectivity index (χ2v) is 5.33. The number of hydrogen-bond donors (Lipinski definition) is 0. The fourth-order valence-electron chi connectivity index (χ4n) is 2.60. The molecule has 0 fully saturated rings. The van der Waals surface area contributed by atoms with Crippen LogP contribution in [0, 0.1) is 0 Å². The molecule has 23 heavy (non-hydrogen) atoms. The third kappa shape index (κ3) is 2.53. The summed E-state index contributed by atoms with van der Waals surface area (Å²) in [6, 6.07) is 24.9. The zero-order chi connectivity index (χ0) is 15.6. The molecule has 0 radical (unpaired) electrons. The molecule has 4 aromatic rings. The largest absolute Gasteiger partial charge is 0.356 e. The van der Waals surface area contributed by atoms with Crippen molar-refractivity contribution >= 4 is 16.6 Å². The van der Waals surface area contributed by atoms with E-state index in [1.165, 1.54) is 0 Å². The molecule has 3 nitrogen and oxygen atoms in total. The zero-order valence-corrected chi connectivity index (χ0v) is 12.3. The average Bonchev–Trinajstić information content (AvgIpc) is 3.11. The topological polar surface area (TPSA) is 43.1 Å². The van der Waals surface area contributed by atoms with Crippen molar-refractivity contribution in [3.05, 3.63) is 90.1 Å². The molecule has 0 unspecified atom stereocenters. The van der Waals surface area contributed by atoms with Gasteiger partial charge in [0.15, 0.2) is 11.5 Å². The van der Waals surface area contributed by atoms with Gasteiger partial charge in [0.25, 0.3) is 0 Å². The maximum absolute atomic E-state index is 12.4. The number of aromatic nitrogens is 1. The number of ketones is 1. The molecule has 3 heteroatoms. The van der Waals surface area contributed by atoms with Crippen molar-refractivity contribution in [3.63, 3.8) is 0 Å². The van der Waals surface area contributed by atoms with Gasteiger partial charge in [0.05, 0.1) is 0 Å². The molecule has 0 aliphatic heterocycles.